The van der Waals surface area contributed by atoms with E-state index in [1.54, 1.807) is 11.3 Å². The summed E-state index contributed by atoms with van der Waals surface area (Å²) in [7, 11) is 0. The maximum absolute atomic E-state index is 13.0. The molecular weight excluding hydrogens is 340 g/mol. The van der Waals surface area contributed by atoms with Crippen molar-refractivity contribution in [3.05, 3.63) is 94.2 Å². The highest BCUT2D eigenvalue weighted by Gasteiger charge is 2.30. The molecule has 1 aromatic heterocycles. The summed E-state index contributed by atoms with van der Waals surface area (Å²) >= 11 is 1.71. The number of amides is 1. The first-order valence-electron chi connectivity index (χ1n) is 9.01. The predicted octanol–water partition coefficient (Wildman–Crippen LogP) is 4.45. The van der Waals surface area contributed by atoms with Gasteiger partial charge in [-0.25, -0.2) is 0 Å². The molecule has 4 rings (SSSR count). The van der Waals surface area contributed by atoms with Crippen molar-refractivity contribution in [2.75, 3.05) is 0 Å². The Morgan fingerprint density at radius 1 is 0.885 bits per heavy atom. The van der Waals surface area contributed by atoms with Crippen LogP contribution in [0.3, 0.4) is 0 Å². The van der Waals surface area contributed by atoms with Crippen LogP contribution in [-0.4, -0.2) is 11.9 Å². The van der Waals surface area contributed by atoms with Gasteiger partial charge in [0.2, 0.25) is 5.91 Å². The second-order valence-electron chi connectivity index (χ2n) is 6.65. The van der Waals surface area contributed by atoms with Gasteiger partial charge in [0.25, 0.3) is 0 Å². The molecule has 3 aromatic rings. The van der Waals surface area contributed by atoms with E-state index in [-0.39, 0.29) is 18.0 Å². The second kappa shape index (κ2) is 7.85. The number of hydrogen-bond acceptors (Lipinski definition) is 3. The first-order valence-corrected chi connectivity index (χ1v) is 9.89. The summed E-state index contributed by atoms with van der Waals surface area (Å²) < 4.78 is 0. The fourth-order valence-electron chi connectivity index (χ4n) is 3.09. The molecule has 0 saturated heterocycles. The third-order valence-corrected chi connectivity index (χ3v) is 5.55. The number of carbonyl (C=O) groups is 1. The third-order valence-electron chi connectivity index (χ3n) is 4.61. The molecule has 132 valence electrons. The Kier molecular flexibility index (Phi) is 5.14. The molecule has 1 aliphatic rings. The van der Waals surface area contributed by atoms with E-state index in [2.05, 4.69) is 40.3 Å². The molecule has 0 unspecified atom stereocenters. The van der Waals surface area contributed by atoms with E-state index >= 15 is 0 Å². The molecule has 1 heterocycles. The minimum absolute atomic E-state index is 0.0219. The molecule has 3 nitrogen and oxygen atoms in total. The maximum Gasteiger partial charge on any atom is 0.241 e. The first-order chi connectivity index (χ1) is 12.8. The summed E-state index contributed by atoms with van der Waals surface area (Å²) in [6.07, 6.45) is 2.17. The summed E-state index contributed by atoms with van der Waals surface area (Å²) in [6.45, 7) is 0. The van der Waals surface area contributed by atoms with Crippen molar-refractivity contribution in [3.63, 3.8) is 0 Å². The average Bonchev–Trinajstić information content (AvgIpc) is 3.33. The summed E-state index contributed by atoms with van der Waals surface area (Å²) in [5.41, 5.74) is 2.15. The van der Waals surface area contributed by atoms with Gasteiger partial charge in [-0.05, 0) is 35.4 Å². The quantitative estimate of drug-likeness (QED) is 0.652. The van der Waals surface area contributed by atoms with E-state index in [1.807, 2.05) is 48.5 Å². The third kappa shape index (κ3) is 4.03. The molecular formula is C22H22N2OS. The Labute approximate surface area is 158 Å². The van der Waals surface area contributed by atoms with Gasteiger partial charge < -0.3 is 5.32 Å². The van der Waals surface area contributed by atoms with Crippen LogP contribution < -0.4 is 10.6 Å². The summed E-state index contributed by atoms with van der Waals surface area (Å²) in [5.74, 6) is 0.0520. The van der Waals surface area contributed by atoms with Gasteiger partial charge in [-0.1, -0.05) is 66.7 Å². The first kappa shape index (κ1) is 17.0. The van der Waals surface area contributed by atoms with E-state index in [4.69, 9.17) is 0 Å². The van der Waals surface area contributed by atoms with Gasteiger partial charge in [0.05, 0.1) is 6.04 Å². The summed E-state index contributed by atoms with van der Waals surface area (Å²) in [6, 6.07) is 24.4. The Hall–Kier alpha value is -2.43. The molecule has 2 atom stereocenters. The molecule has 0 aliphatic heterocycles. The fourth-order valence-corrected chi connectivity index (χ4v) is 3.90. The van der Waals surface area contributed by atoms with Gasteiger partial charge in [0.15, 0.2) is 0 Å². The van der Waals surface area contributed by atoms with Crippen LogP contribution in [0.25, 0.3) is 0 Å². The fraction of sp³-hybridized carbons (Fsp3) is 0.227. The Morgan fingerprint density at radius 2 is 1.54 bits per heavy atom. The van der Waals surface area contributed by atoms with Crippen LogP contribution in [0, 0.1) is 0 Å². The zero-order chi connectivity index (χ0) is 17.8. The van der Waals surface area contributed by atoms with E-state index in [0.29, 0.717) is 6.04 Å². The monoisotopic (exact) mass is 362 g/mol. The van der Waals surface area contributed by atoms with Crippen molar-refractivity contribution in [2.24, 2.45) is 0 Å². The topological polar surface area (TPSA) is 41.1 Å². The van der Waals surface area contributed by atoms with Crippen molar-refractivity contribution in [3.8, 4) is 0 Å². The Bertz CT molecular complexity index is 829. The zero-order valence-corrected chi connectivity index (χ0v) is 15.3. The maximum atomic E-state index is 13.0. The normalized spacial score (nSPS) is 16.0. The highest BCUT2D eigenvalue weighted by Crippen LogP contribution is 2.30. The van der Waals surface area contributed by atoms with Gasteiger partial charge in [-0.2, -0.15) is 0 Å². The largest absolute Gasteiger partial charge is 0.352 e. The van der Waals surface area contributed by atoms with E-state index in [1.165, 1.54) is 4.88 Å². The highest BCUT2D eigenvalue weighted by atomic mass is 32.1. The Balaban J connectivity index is 1.66. The molecule has 26 heavy (non-hydrogen) atoms. The van der Waals surface area contributed by atoms with E-state index in [9.17, 15) is 4.79 Å². The lowest BCUT2D eigenvalue weighted by molar-refractivity contribution is -0.123. The lowest BCUT2D eigenvalue weighted by Gasteiger charge is -2.25. The van der Waals surface area contributed by atoms with Crippen LogP contribution in [0.15, 0.2) is 78.2 Å². The van der Waals surface area contributed by atoms with Gasteiger partial charge in [0, 0.05) is 10.9 Å². The molecule has 0 spiro atoms. The lowest BCUT2D eigenvalue weighted by atomic mass is 10.0. The second-order valence-corrected chi connectivity index (χ2v) is 7.63. The van der Waals surface area contributed by atoms with Crippen LogP contribution >= 0.6 is 11.3 Å². The number of hydrogen-bond donors (Lipinski definition) is 2. The zero-order valence-electron chi connectivity index (χ0n) is 14.5. The van der Waals surface area contributed by atoms with Crippen LogP contribution in [0.1, 0.15) is 40.9 Å². The Morgan fingerprint density at radius 3 is 2.12 bits per heavy atom. The molecule has 1 saturated carbocycles. The summed E-state index contributed by atoms with van der Waals surface area (Å²) in [5, 5.41) is 8.86. The van der Waals surface area contributed by atoms with Gasteiger partial charge in [-0.15, -0.1) is 11.3 Å². The van der Waals surface area contributed by atoms with Crippen molar-refractivity contribution in [1.82, 2.24) is 10.6 Å². The number of nitrogens with one attached hydrogen (secondary N) is 2. The molecule has 2 N–H and O–H groups in total. The van der Waals surface area contributed by atoms with Crippen molar-refractivity contribution >= 4 is 17.2 Å². The SMILES string of the molecule is O=C(NC1CC1)[C@@H](N[C@@H](c1ccccc1)c1cccs1)c1ccccc1. The minimum Gasteiger partial charge on any atom is -0.352 e. The number of rotatable bonds is 7. The number of thiophene rings is 1. The highest BCUT2D eigenvalue weighted by molar-refractivity contribution is 7.10. The molecule has 1 aliphatic carbocycles. The van der Waals surface area contributed by atoms with Crippen molar-refractivity contribution < 1.29 is 4.79 Å². The molecule has 0 radical (unpaired) electrons. The van der Waals surface area contributed by atoms with Gasteiger partial charge in [-0.3, -0.25) is 10.1 Å². The van der Waals surface area contributed by atoms with Gasteiger partial charge >= 0.3 is 0 Å². The van der Waals surface area contributed by atoms with Crippen LogP contribution in [0.5, 0.6) is 0 Å². The van der Waals surface area contributed by atoms with Crippen molar-refractivity contribution in [2.45, 2.75) is 31.0 Å². The minimum atomic E-state index is -0.385. The van der Waals surface area contributed by atoms with Crippen molar-refractivity contribution in [1.29, 1.82) is 0 Å². The molecule has 2 aromatic carbocycles. The number of benzene rings is 2. The van der Waals surface area contributed by atoms with Crippen LogP contribution in [0.4, 0.5) is 0 Å². The summed E-state index contributed by atoms with van der Waals surface area (Å²) in [4.78, 5) is 14.2. The predicted molar refractivity (Wildman–Crippen MR) is 106 cm³/mol. The lowest BCUT2D eigenvalue weighted by Crippen LogP contribution is -2.40. The van der Waals surface area contributed by atoms with E-state index < -0.39 is 0 Å². The van der Waals surface area contributed by atoms with Crippen LogP contribution in [-0.2, 0) is 4.79 Å². The molecule has 1 fully saturated rings. The molecule has 1 amide bonds. The van der Waals surface area contributed by atoms with Crippen LogP contribution in [0.2, 0.25) is 0 Å². The standard InChI is InChI=1S/C22H22N2OS/c25-22(23-18-13-14-18)21(17-10-5-2-6-11-17)24-20(19-12-7-15-26-19)16-8-3-1-4-9-16/h1-12,15,18,20-21,24H,13-14H2,(H,23,25)/t20-,21-/m0/s1. The van der Waals surface area contributed by atoms with E-state index in [0.717, 1.165) is 24.0 Å². The average molecular weight is 362 g/mol. The number of carbonyl (C=O) groups excluding carboxylic acids is 1. The molecule has 4 heteroatoms. The smallest absolute Gasteiger partial charge is 0.241 e. The molecule has 0 bridgehead atoms. The van der Waals surface area contributed by atoms with Gasteiger partial charge in [0.1, 0.15) is 6.04 Å².